The van der Waals surface area contributed by atoms with Crippen molar-refractivity contribution < 1.29 is 13.2 Å². The second-order valence-corrected chi connectivity index (χ2v) is 9.37. The molecule has 1 aliphatic heterocycles. The molecule has 1 fully saturated rings. The quantitative estimate of drug-likeness (QED) is 0.800. The first-order valence-electron chi connectivity index (χ1n) is 8.26. The SMILES string of the molecule is CCc1ccc(S(=O)(=O)N(Cc2cccnc2)CC2CCC(=O)N2)s1. The number of nitrogens with zero attached hydrogens (tertiary/aromatic N) is 2. The van der Waals surface area contributed by atoms with E-state index < -0.39 is 10.0 Å². The molecule has 8 heteroatoms. The van der Waals surface area contributed by atoms with Crippen LogP contribution in [-0.4, -0.2) is 36.2 Å². The van der Waals surface area contributed by atoms with Crippen LogP contribution in [0.5, 0.6) is 0 Å². The lowest BCUT2D eigenvalue weighted by Gasteiger charge is -2.24. The van der Waals surface area contributed by atoms with Gasteiger partial charge in [0.05, 0.1) is 0 Å². The van der Waals surface area contributed by atoms with Gasteiger partial charge in [-0.3, -0.25) is 9.78 Å². The normalized spacial score (nSPS) is 17.8. The number of aromatic nitrogens is 1. The van der Waals surface area contributed by atoms with E-state index in [1.54, 1.807) is 24.5 Å². The van der Waals surface area contributed by atoms with Gasteiger partial charge in [-0.15, -0.1) is 11.3 Å². The lowest BCUT2D eigenvalue weighted by molar-refractivity contribution is -0.119. The molecule has 0 aliphatic carbocycles. The zero-order chi connectivity index (χ0) is 17.9. The van der Waals surface area contributed by atoms with Crippen molar-refractivity contribution >= 4 is 27.3 Å². The minimum absolute atomic E-state index is 0.0203. The Hall–Kier alpha value is -1.77. The average molecular weight is 380 g/mol. The maximum absolute atomic E-state index is 13.1. The molecule has 6 nitrogen and oxygen atoms in total. The predicted octanol–water partition coefficient (Wildman–Crippen LogP) is 2.18. The van der Waals surface area contributed by atoms with Gasteiger partial charge in [-0.25, -0.2) is 8.42 Å². The first-order chi connectivity index (χ1) is 12.0. The highest BCUT2D eigenvalue weighted by atomic mass is 32.2. The van der Waals surface area contributed by atoms with Crippen LogP contribution in [0.25, 0.3) is 0 Å². The Balaban J connectivity index is 1.87. The summed E-state index contributed by atoms with van der Waals surface area (Å²) < 4.78 is 28.1. The molecule has 0 radical (unpaired) electrons. The first kappa shape index (κ1) is 18.0. The Bertz CT molecular complexity index is 834. The standard InChI is InChI=1S/C17H21N3O3S2/c1-2-15-6-8-17(24-15)25(22,23)20(11-13-4-3-9-18-10-13)12-14-5-7-16(21)19-14/h3-4,6,8-10,14H,2,5,7,11-12H2,1H3,(H,19,21). The molecule has 134 valence electrons. The Kier molecular flexibility index (Phi) is 5.51. The highest BCUT2D eigenvalue weighted by Crippen LogP contribution is 2.27. The van der Waals surface area contributed by atoms with Crippen molar-refractivity contribution in [3.8, 4) is 0 Å². The van der Waals surface area contributed by atoms with E-state index in [-0.39, 0.29) is 25.0 Å². The molecule has 3 rings (SSSR count). The van der Waals surface area contributed by atoms with Crippen molar-refractivity contribution in [1.29, 1.82) is 0 Å². The number of aryl methyl sites for hydroxylation is 1. The number of pyridine rings is 1. The van der Waals surface area contributed by atoms with Crippen molar-refractivity contribution in [2.24, 2.45) is 0 Å². The van der Waals surface area contributed by atoms with E-state index in [1.807, 2.05) is 19.1 Å². The fraction of sp³-hybridized carbons (Fsp3) is 0.412. The van der Waals surface area contributed by atoms with E-state index in [2.05, 4.69) is 10.3 Å². The van der Waals surface area contributed by atoms with E-state index in [9.17, 15) is 13.2 Å². The van der Waals surface area contributed by atoms with Gasteiger partial charge in [0.2, 0.25) is 5.91 Å². The number of sulfonamides is 1. The molecule has 2 aromatic rings. The Morgan fingerprint density at radius 3 is 2.80 bits per heavy atom. The van der Waals surface area contributed by atoms with Gasteiger partial charge in [-0.2, -0.15) is 4.31 Å². The lowest BCUT2D eigenvalue weighted by atomic mass is 10.2. The van der Waals surface area contributed by atoms with E-state index in [0.29, 0.717) is 17.1 Å². The zero-order valence-electron chi connectivity index (χ0n) is 14.0. The molecular weight excluding hydrogens is 358 g/mol. The molecule has 1 unspecified atom stereocenters. The fourth-order valence-electron chi connectivity index (χ4n) is 2.82. The number of thiophene rings is 1. The summed E-state index contributed by atoms with van der Waals surface area (Å²) in [6, 6.07) is 7.02. The highest BCUT2D eigenvalue weighted by molar-refractivity contribution is 7.91. The first-order valence-corrected chi connectivity index (χ1v) is 10.5. The molecule has 0 spiro atoms. The van der Waals surface area contributed by atoms with Crippen LogP contribution in [0.1, 0.15) is 30.2 Å². The molecule has 1 amide bonds. The van der Waals surface area contributed by atoms with Gasteiger partial charge < -0.3 is 5.32 Å². The summed E-state index contributed by atoms with van der Waals surface area (Å²) >= 11 is 1.30. The van der Waals surface area contributed by atoms with Crippen LogP contribution < -0.4 is 5.32 Å². The maximum Gasteiger partial charge on any atom is 0.252 e. The highest BCUT2D eigenvalue weighted by Gasteiger charge is 2.31. The third-order valence-corrected chi connectivity index (χ3v) is 7.68. The number of carbonyl (C=O) groups is 1. The second kappa shape index (κ2) is 7.63. The summed E-state index contributed by atoms with van der Waals surface area (Å²) in [5.74, 6) is -0.0203. The Labute approximate surface area is 151 Å². The fourth-order valence-corrected chi connectivity index (χ4v) is 5.74. The maximum atomic E-state index is 13.1. The van der Waals surface area contributed by atoms with E-state index in [0.717, 1.165) is 16.9 Å². The summed E-state index contributed by atoms with van der Waals surface area (Å²) in [5.41, 5.74) is 0.822. The zero-order valence-corrected chi connectivity index (χ0v) is 15.6. The van der Waals surface area contributed by atoms with Crippen LogP contribution in [0.15, 0.2) is 40.9 Å². The second-order valence-electron chi connectivity index (χ2n) is 6.04. The summed E-state index contributed by atoms with van der Waals surface area (Å²) in [4.78, 5) is 16.6. The molecule has 1 N–H and O–H groups in total. The third-order valence-electron chi connectivity index (χ3n) is 4.17. The Morgan fingerprint density at radius 2 is 2.20 bits per heavy atom. The van der Waals surface area contributed by atoms with Crippen LogP contribution in [-0.2, 0) is 27.8 Å². The number of amides is 1. The summed E-state index contributed by atoms with van der Waals surface area (Å²) in [6.07, 6.45) is 5.24. The molecule has 1 aliphatic rings. The van der Waals surface area contributed by atoms with Gasteiger partial charge in [-0.1, -0.05) is 13.0 Å². The number of hydrogen-bond acceptors (Lipinski definition) is 5. The van der Waals surface area contributed by atoms with E-state index in [4.69, 9.17) is 0 Å². The van der Waals surface area contributed by atoms with Gasteiger partial charge in [0.15, 0.2) is 0 Å². The number of hydrogen-bond donors (Lipinski definition) is 1. The predicted molar refractivity (Wildman–Crippen MR) is 96.7 cm³/mol. The van der Waals surface area contributed by atoms with Crippen LogP contribution in [0.3, 0.4) is 0 Å². The van der Waals surface area contributed by atoms with Crippen LogP contribution in [0.4, 0.5) is 0 Å². The third kappa shape index (κ3) is 4.26. The lowest BCUT2D eigenvalue weighted by Crippen LogP contribution is -2.41. The summed E-state index contributed by atoms with van der Waals surface area (Å²) in [6.45, 7) is 2.51. The molecule has 3 heterocycles. The van der Waals surface area contributed by atoms with Crippen molar-refractivity contribution in [1.82, 2.24) is 14.6 Å². The van der Waals surface area contributed by atoms with Gasteiger partial charge in [0.1, 0.15) is 4.21 Å². The molecule has 2 aromatic heterocycles. The number of carbonyl (C=O) groups excluding carboxylic acids is 1. The molecule has 1 atom stereocenters. The van der Waals surface area contributed by atoms with Crippen molar-refractivity contribution in [3.63, 3.8) is 0 Å². The van der Waals surface area contributed by atoms with Crippen LogP contribution >= 0.6 is 11.3 Å². The smallest absolute Gasteiger partial charge is 0.252 e. The molecule has 0 bridgehead atoms. The number of rotatable bonds is 7. The minimum Gasteiger partial charge on any atom is -0.352 e. The molecule has 25 heavy (non-hydrogen) atoms. The summed E-state index contributed by atoms with van der Waals surface area (Å²) in [7, 11) is -3.62. The average Bonchev–Trinajstić information content (AvgIpc) is 3.24. The summed E-state index contributed by atoms with van der Waals surface area (Å²) in [5, 5.41) is 2.85. The topological polar surface area (TPSA) is 79.4 Å². The molecule has 0 saturated carbocycles. The monoisotopic (exact) mass is 379 g/mol. The van der Waals surface area contributed by atoms with Crippen molar-refractivity contribution in [2.75, 3.05) is 6.54 Å². The van der Waals surface area contributed by atoms with Gasteiger partial charge in [0.25, 0.3) is 10.0 Å². The van der Waals surface area contributed by atoms with Gasteiger partial charge in [0, 0.05) is 42.8 Å². The van der Waals surface area contributed by atoms with Crippen LogP contribution in [0, 0.1) is 0 Å². The molecule has 1 saturated heterocycles. The van der Waals surface area contributed by atoms with Gasteiger partial charge in [-0.05, 0) is 36.6 Å². The van der Waals surface area contributed by atoms with Crippen molar-refractivity contribution in [3.05, 3.63) is 47.1 Å². The largest absolute Gasteiger partial charge is 0.352 e. The van der Waals surface area contributed by atoms with Crippen LogP contribution in [0.2, 0.25) is 0 Å². The van der Waals surface area contributed by atoms with E-state index in [1.165, 1.54) is 15.6 Å². The van der Waals surface area contributed by atoms with E-state index >= 15 is 0 Å². The molecule has 0 aromatic carbocycles. The Morgan fingerprint density at radius 1 is 1.36 bits per heavy atom. The van der Waals surface area contributed by atoms with Crippen molar-refractivity contribution in [2.45, 2.75) is 43.0 Å². The van der Waals surface area contributed by atoms with Gasteiger partial charge >= 0.3 is 0 Å². The number of nitrogens with one attached hydrogen (secondary N) is 1. The minimum atomic E-state index is -3.62. The molecular formula is C17H21N3O3S2.